The van der Waals surface area contributed by atoms with Gasteiger partial charge in [0, 0.05) is 0 Å². The van der Waals surface area contributed by atoms with Gasteiger partial charge in [0.05, 0.1) is 6.26 Å². The smallest absolute Gasteiger partial charge is 0.225 e. The molecular weight excluding hydrogens is 124 g/mol. The van der Waals surface area contributed by atoms with Crippen LogP contribution in [-0.4, -0.2) is 33.8 Å². The molecule has 4 nitrogen and oxygen atoms in total. The van der Waals surface area contributed by atoms with Gasteiger partial charge in [-0.2, -0.15) is 0 Å². The van der Waals surface area contributed by atoms with Gasteiger partial charge < -0.3 is 20.1 Å². The zero-order chi connectivity index (χ0) is 6.85. The third-order valence-electron chi connectivity index (χ3n) is 1.14. The second-order valence-corrected chi connectivity index (χ2v) is 1.84. The Morgan fingerprint density at radius 3 is 2.33 bits per heavy atom. The first-order valence-corrected chi connectivity index (χ1v) is 2.58. The quantitative estimate of drug-likeness (QED) is 0.378. The first kappa shape index (κ1) is 6.54. The van der Waals surface area contributed by atoms with Crippen LogP contribution < -0.4 is 0 Å². The SMILES string of the molecule is OC1OC=C[C@@H](O)C1O. The van der Waals surface area contributed by atoms with Crippen molar-refractivity contribution in [3.63, 3.8) is 0 Å². The van der Waals surface area contributed by atoms with E-state index in [4.69, 9.17) is 15.3 Å². The lowest BCUT2D eigenvalue weighted by Gasteiger charge is -2.23. The first-order valence-electron chi connectivity index (χ1n) is 2.58. The Kier molecular flexibility index (Phi) is 1.70. The molecule has 0 saturated heterocycles. The van der Waals surface area contributed by atoms with Crippen molar-refractivity contribution in [2.24, 2.45) is 0 Å². The minimum atomic E-state index is -1.30. The predicted octanol–water partition coefficient (Wildman–Crippen LogP) is -1.43. The summed E-state index contributed by atoms with van der Waals surface area (Å²) in [6, 6.07) is 0. The van der Waals surface area contributed by atoms with E-state index in [1.807, 2.05) is 0 Å². The highest BCUT2D eigenvalue weighted by molar-refractivity contribution is 4.93. The largest absolute Gasteiger partial charge is 0.470 e. The molecule has 4 heteroatoms. The van der Waals surface area contributed by atoms with Crippen LogP contribution in [0.25, 0.3) is 0 Å². The normalized spacial score (nSPS) is 42.3. The van der Waals surface area contributed by atoms with Gasteiger partial charge >= 0.3 is 0 Å². The molecule has 0 fully saturated rings. The molecule has 1 aliphatic rings. The Bertz CT molecular complexity index is 122. The van der Waals surface area contributed by atoms with Crippen LogP contribution in [0.4, 0.5) is 0 Å². The number of hydrogen-bond acceptors (Lipinski definition) is 4. The number of aliphatic hydroxyl groups excluding tert-OH is 3. The Morgan fingerprint density at radius 2 is 1.89 bits per heavy atom. The highest BCUT2D eigenvalue weighted by Gasteiger charge is 2.26. The maximum absolute atomic E-state index is 8.77. The van der Waals surface area contributed by atoms with Crippen molar-refractivity contribution < 1.29 is 20.1 Å². The van der Waals surface area contributed by atoms with Gasteiger partial charge in [-0.1, -0.05) is 0 Å². The molecule has 0 aromatic carbocycles. The molecule has 0 radical (unpaired) electrons. The highest BCUT2D eigenvalue weighted by Crippen LogP contribution is 2.08. The van der Waals surface area contributed by atoms with Crippen LogP contribution in [0.15, 0.2) is 12.3 Å². The minimum Gasteiger partial charge on any atom is -0.470 e. The highest BCUT2D eigenvalue weighted by atomic mass is 16.6. The summed E-state index contributed by atoms with van der Waals surface area (Å²) in [4.78, 5) is 0. The van der Waals surface area contributed by atoms with Gasteiger partial charge in [-0.3, -0.25) is 0 Å². The summed E-state index contributed by atoms with van der Waals surface area (Å²) in [5.74, 6) is 0. The zero-order valence-corrected chi connectivity index (χ0v) is 4.64. The van der Waals surface area contributed by atoms with Crippen LogP contribution in [0.1, 0.15) is 0 Å². The molecule has 0 aromatic rings. The fraction of sp³-hybridized carbons (Fsp3) is 0.600. The van der Waals surface area contributed by atoms with Gasteiger partial charge in [-0.05, 0) is 6.08 Å². The average Bonchev–Trinajstić information content (AvgIpc) is 1.83. The van der Waals surface area contributed by atoms with Crippen molar-refractivity contribution in [1.29, 1.82) is 0 Å². The lowest BCUT2D eigenvalue weighted by molar-refractivity contribution is -0.164. The molecule has 1 heterocycles. The average molecular weight is 132 g/mol. The summed E-state index contributed by atoms with van der Waals surface area (Å²) in [6.45, 7) is 0. The third-order valence-corrected chi connectivity index (χ3v) is 1.14. The molecule has 0 aromatic heterocycles. The molecular formula is C5H8O4. The summed E-state index contributed by atoms with van der Waals surface area (Å²) in [5.41, 5.74) is 0. The molecule has 0 bridgehead atoms. The predicted molar refractivity (Wildman–Crippen MR) is 28.2 cm³/mol. The minimum absolute atomic E-state index is 1.02. The Labute approximate surface area is 52.0 Å². The van der Waals surface area contributed by atoms with E-state index >= 15 is 0 Å². The van der Waals surface area contributed by atoms with Crippen molar-refractivity contribution in [2.45, 2.75) is 18.5 Å². The molecule has 1 rings (SSSR count). The molecule has 2 unspecified atom stereocenters. The Morgan fingerprint density at radius 1 is 1.22 bits per heavy atom. The number of aliphatic hydroxyl groups is 3. The molecule has 3 N–H and O–H groups in total. The van der Waals surface area contributed by atoms with Crippen molar-refractivity contribution >= 4 is 0 Å². The van der Waals surface area contributed by atoms with Crippen molar-refractivity contribution in [2.75, 3.05) is 0 Å². The molecule has 1 aliphatic heterocycles. The van der Waals surface area contributed by atoms with E-state index in [2.05, 4.69) is 4.74 Å². The van der Waals surface area contributed by atoms with Crippen LogP contribution >= 0.6 is 0 Å². The van der Waals surface area contributed by atoms with Gasteiger partial charge in [0.2, 0.25) is 6.29 Å². The van der Waals surface area contributed by atoms with E-state index in [1.54, 1.807) is 0 Å². The molecule has 3 atom stereocenters. The summed E-state index contributed by atoms with van der Waals surface area (Å²) < 4.78 is 4.43. The van der Waals surface area contributed by atoms with E-state index in [0.29, 0.717) is 0 Å². The van der Waals surface area contributed by atoms with Crippen LogP contribution in [0, 0.1) is 0 Å². The summed E-state index contributed by atoms with van der Waals surface area (Å²) in [5, 5.41) is 26.2. The fourth-order valence-electron chi connectivity index (χ4n) is 0.569. The van der Waals surface area contributed by atoms with Gasteiger partial charge in [0.1, 0.15) is 12.2 Å². The van der Waals surface area contributed by atoms with E-state index in [9.17, 15) is 0 Å². The topological polar surface area (TPSA) is 69.9 Å². The third kappa shape index (κ3) is 1.21. The second kappa shape index (κ2) is 2.34. The van der Waals surface area contributed by atoms with Gasteiger partial charge in [0.25, 0.3) is 0 Å². The standard InChI is InChI=1S/C5H8O4/c6-3-1-2-9-5(8)4(3)7/h1-8H/t3-,4?,5?/m1/s1. The lowest BCUT2D eigenvalue weighted by atomic mass is 10.2. The molecule has 52 valence electrons. The number of rotatable bonds is 0. The van der Waals surface area contributed by atoms with Crippen LogP contribution in [0.5, 0.6) is 0 Å². The van der Waals surface area contributed by atoms with Gasteiger partial charge in [0.15, 0.2) is 0 Å². The van der Waals surface area contributed by atoms with Crippen LogP contribution in [0.3, 0.4) is 0 Å². The van der Waals surface area contributed by atoms with Crippen molar-refractivity contribution in [1.82, 2.24) is 0 Å². The summed E-state index contributed by atoms with van der Waals surface area (Å²) >= 11 is 0. The lowest BCUT2D eigenvalue weighted by Crippen LogP contribution is -2.39. The Balaban J connectivity index is 2.58. The maximum atomic E-state index is 8.77. The molecule has 0 spiro atoms. The second-order valence-electron chi connectivity index (χ2n) is 1.84. The van der Waals surface area contributed by atoms with Crippen LogP contribution in [-0.2, 0) is 4.74 Å². The number of hydrogen-bond donors (Lipinski definition) is 3. The number of ether oxygens (including phenoxy) is 1. The van der Waals surface area contributed by atoms with E-state index in [1.165, 1.54) is 6.08 Å². The molecule has 9 heavy (non-hydrogen) atoms. The van der Waals surface area contributed by atoms with Crippen LogP contribution in [0.2, 0.25) is 0 Å². The van der Waals surface area contributed by atoms with Gasteiger partial charge in [-0.15, -0.1) is 0 Å². The Hall–Kier alpha value is -0.580. The molecule has 0 saturated carbocycles. The summed E-state index contributed by atoms with van der Waals surface area (Å²) in [6.07, 6.45) is -1.13. The van der Waals surface area contributed by atoms with Crippen molar-refractivity contribution in [3.8, 4) is 0 Å². The maximum Gasteiger partial charge on any atom is 0.225 e. The van der Waals surface area contributed by atoms with Crippen molar-refractivity contribution in [3.05, 3.63) is 12.3 Å². The monoisotopic (exact) mass is 132 g/mol. The van der Waals surface area contributed by atoms with E-state index in [0.717, 1.165) is 6.26 Å². The summed E-state index contributed by atoms with van der Waals surface area (Å²) in [7, 11) is 0. The van der Waals surface area contributed by atoms with E-state index < -0.39 is 18.5 Å². The molecule has 0 amide bonds. The van der Waals surface area contributed by atoms with Gasteiger partial charge in [-0.25, -0.2) is 0 Å². The van der Waals surface area contributed by atoms with E-state index in [-0.39, 0.29) is 0 Å². The first-order chi connectivity index (χ1) is 4.22. The molecule has 0 aliphatic carbocycles. The zero-order valence-electron chi connectivity index (χ0n) is 4.64. The fourth-order valence-corrected chi connectivity index (χ4v) is 0.569.